The zero-order valence-corrected chi connectivity index (χ0v) is 20.7. The summed E-state index contributed by atoms with van der Waals surface area (Å²) in [5.74, 6) is -1.53. The van der Waals surface area contributed by atoms with Crippen LogP contribution in [0.2, 0.25) is 0 Å². The molecule has 2 aromatic carbocycles. The van der Waals surface area contributed by atoms with Crippen molar-refractivity contribution in [2.75, 3.05) is 13.2 Å². The standard InChI is InChI=1S/C28H33NO6/c1-5-28(14-23(25(31)32)29(17-28)26(33)35-27(2,3)4)15-24(30)34-16-22-20-12-8-6-10-18(20)19-11-7-9-13-21(19)22/h6-13,22-23H,5,14-17H2,1-4H3,(H,31,32). The van der Waals surface area contributed by atoms with Gasteiger partial charge in [-0.2, -0.15) is 0 Å². The third kappa shape index (κ3) is 5.04. The number of aliphatic carboxylic acids is 1. The number of nitrogens with zero attached hydrogens (tertiary/aromatic N) is 1. The first-order valence-electron chi connectivity index (χ1n) is 12.1. The molecule has 2 aliphatic rings. The molecular weight excluding hydrogens is 446 g/mol. The minimum Gasteiger partial charge on any atom is -0.480 e. The van der Waals surface area contributed by atoms with Crippen LogP contribution in [-0.4, -0.2) is 52.8 Å². The van der Waals surface area contributed by atoms with E-state index in [0.717, 1.165) is 22.3 Å². The van der Waals surface area contributed by atoms with Crippen LogP contribution < -0.4 is 0 Å². The van der Waals surface area contributed by atoms with Crippen molar-refractivity contribution in [2.24, 2.45) is 5.41 Å². The number of likely N-dealkylation sites (tertiary alicyclic amines) is 1. The van der Waals surface area contributed by atoms with Crippen LogP contribution in [0.4, 0.5) is 4.79 Å². The Kier molecular flexibility index (Phi) is 6.62. The van der Waals surface area contributed by atoms with E-state index in [1.54, 1.807) is 20.8 Å². The summed E-state index contributed by atoms with van der Waals surface area (Å²) in [6.45, 7) is 7.47. The van der Waals surface area contributed by atoms with Crippen molar-refractivity contribution >= 4 is 18.0 Å². The second-order valence-corrected chi connectivity index (χ2v) is 10.6. The van der Waals surface area contributed by atoms with Gasteiger partial charge in [0.15, 0.2) is 0 Å². The van der Waals surface area contributed by atoms with Gasteiger partial charge in [0.2, 0.25) is 0 Å². The van der Waals surface area contributed by atoms with Crippen molar-refractivity contribution in [3.8, 4) is 11.1 Å². The summed E-state index contributed by atoms with van der Waals surface area (Å²) in [5, 5.41) is 9.76. The lowest BCUT2D eigenvalue weighted by atomic mass is 9.79. The first kappa shape index (κ1) is 24.8. The number of hydrogen-bond acceptors (Lipinski definition) is 5. The number of ether oxygens (including phenoxy) is 2. The van der Waals surface area contributed by atoms with Gasteiger partial charge >= 0.3 is 18.0 Å². The van der Waals surface area contributed by atoms with Gasteiger partial charge in [-0.1, -0.05) is 55.5 Å². The van der Waals surface area contributed by atoms with Gasteiger partial charge < -0.3 is 14.6 Å². The molecule has 0 bridgehead atoms. The third-order valence-corrected chi connectivity index (χ3v) is 7.06. The van der Waals surface area contributed by atoms with Crippen LogP contribution in [0.5, 0.6) is 0 Å². The molecule has 7 heteroatoms. The van der Waals surface area contributed by atoms with E-state index in [2.05, 4.69) is 24.3 Å². The van der Waals surface area contributed by atoms with Crippen molar-refractivity contribution in [1.82, 2.24) is 4.90 Å². The molecule has 1 amide bonds. The van der Waals surface area contributed by atoms with E-state index in [-0.39, 0.29) is 37.9 Å². The maximum absolute atomic E-state index is 13.0. The number of carbonyl (C=O) groups is 3. The quantitative estimate of drug-likeness (QED) is 0.571. The average molecular weight is 480 g/mol. The molecule has 0 aromatic heterocycles. The van der Waals surface area contributed by atoms with Gasteiger partial charge in [0, 0.05) is 17.9 Å². The van der Waals surface area contributed by atoms with Crippen LogP contribution in [0.1, 0.15) is 64.0 Å². The highest BCUT2D eigenvalue weighted by Crippen LogP contribution is 2.45. The average Bonchev–Trinajstić information content (AvgIpc) is 3.34. The number of hydrogen-bond donors (Lipinski definition) is 1. The third-order valence-electron chi connectivity index (χ3n) is 7.06. The van der Waals surface area contributed by atoms with Crippen LogP contribution in [0.3, 0.4) is 0 Å². The lowest BCUT2D eigenvalue weighted by Gasteiger charge is -2.29. The van der Waals surface area contributed by atoms with Gasteiger partial charge in [0.1, 0.15) is 18.2 Å². The Balaban J connectivity index is 1.46. The number of benzene rings is 2. The van der Waals surface area contributed by atoms with E-state index in [0.29, 0.717) is 6.42 Å². The van der Waals surface area contributed by atoms with Gasteiger partial charge in [-0.25, -0.2) is 9.59 Å². The Hall–Kier alpha value is -3.35. The SMILES string of the molecule is CCC1(CC(=O)OCC2c3ccccc3-c3ccccc32)CC(C(=O)O)N(C(=O)OC(C)(C)C)C1. The summed E-state index contributed by atoms with van der Waals surface area (Å²) in [5.41, 5.74) is 3.15. The molecule has 2 atom stereocenters. The number of rotatable bonds is 6. The predicted octanol–water partition coefficient (Wildman–Crippen LogP) is 5.22. The highest BCUT2D eigenvalue weighted by atomic mass is 16.6. The van der Waals surface area contributed by atoms with E-state index in [1.807, 2.05) is 31.2 Å². The van der Waals surface area contributed by atoms with Crippen molar-refractivity contribution in [2.45, 2.75) is 64.5 Å². The molecule has 2 unspecified atom stereocenters. The first-order valence-corrected chi connectivity index (χ1v) is 12.1. The van der Waals surface area contributed by atoms with Crippen LogP contribution in [0.15, 0.2) is 48.5 Å². The number of carbonyl (C=O) groups excluding carboxylic acids is 2. The molecule has 1 saturated heterocycles. The fraction of sp³-hybridized carbons (Fsp3) is 0.464. The summed E-state index contributed by atoms with van der Waals surface area (Å²) in [4.78, 5) is 38.9. The minimum atomic E-state index is -1.10. The van der Waals surface area contributed by atoms with Crippen molar-refractivity contribution in [3.05, 3.63) is 59.7 Å². The molecule has 4 rings (SSSR count). The lowest BCUT2D eigenvalue weighted by molar-refractivity contribution is -0.147. The summed E-state index contributed by atoms with van der Waals surface area (Å²) in [6.07, 6.45) is 0.0956. The molecule has 186 valence electrons. The number of esters is 1. The van der Waals surface area contributed by atoms with Crippen molar-refractivity contribution < 1.29 is 29.0 Å². The Morgan fingerprint density at radius 3 is 2.11 bits per heavy atom. The summed E-state index contributed by atoms with van der Waals surface area (Å²) < 4.78 is 11.2. The Morgan fingerprint density at radius 2 is 1.60 bits per heavy atom. The second kappa shape index (κ2) is 9.36. The number of amides is 1. The molecule has 35 heavy (non-hydrogen) atoms. The topological polar surface area (TPSA) is 93.1 Å². The van der Waals surface area contributed by atoms with E-state index < -0.39 is 29.1 Å². The lowest BCUT2D eigenvalue weighted by Crippen LogP contribution is -2.43. The molecule has 1 aliphatic carbocycles. The smallest absolute Gasteiger partial charge is 0.411 e. The molecule has 0 radical (unpaired) electrons. The van der Waals surface area contributed by atoms with Crippen molar-refractivity contribution in [3.63, 3.8) is 0 Å². The normalized spacial score (nSPS) is 21.4. The van der Waals surface area contributed by atoms with Crippen LogP contribution in [-0.2, 0) is 19.1 Å². The summed E-state index contributed by atoms with van der Waals surface area (Å²) >= 11 is 0. The van der Waals surface area contributed by atoms with E-state index in [4.69, 9.17) is 9.47 Å². The minimum absolute atomic E-state index is 0.0439. The highest BCUT2D eigenvalue weighted by Gasteiger charge is 2.50. The molecule has 1 aliphatic heterocycles. The Bertz CT molecular complexity index is 1090. The molecule has 1 heterocycles. The number of carboxylic acid groups (broad SMARTS) is 1. The molecule has 7 nitrogen and oxygen atoms in total. The Labute approximate surface area is 206 Å². The molecular formula is C28H33NO6. The number of carboxylic acids is 1. The van der Waals surface area contributed by atoms with Crippen LogP contribution >= 0.6 is 0 Å². The van der Waals surface area contributed by atoms with Gasteiger partial charge in [0.05, 0.1) is 6.42 Å². The van der Waals surface area contributed by atoms with Gasteiger partial charge in [-0.3, -0.25) is 9.69 Å². The maximum Gasteiger partial charge on any atom is 0.411 e. The Morgan fingerprint density at radius 1 is 1.03 bits per heavy atom. The zero-order valence-electron chi connectivity index (χ0n) is 20.7. The van der Waals surface area contributed by atoms with Crippen LogP contribution in [0.25, 0.3) is 11.1 Å². The number of fused-ring (bicyclic) bond motifs is 3. The molecule has 0 saturated carbocycles. The van der Waals surface area contributed by atoms with E-state index in [9.17, 15) is 19.5 Å². The monoisotopic (exact) mass is 479 g/mol. The van der Waals surface area contributed by atoms with Crippen LogP contribution in [0, 0.1) is 5.41 Å². The zero-order chi connectivity index (χ0) is 25.4. The fourth-order valence-corrected chi connectivity index (χ4v) is 5.27. The van der Waals surface area contributed by atoms with Gasteiger partial charge in [-0.05, 0) is 55.9 Å². The van der Waals surface area contributed by atoms with E-state index in [1.165, 1.54) is 4.90 Å². The largest absolute Gasteiger partial charge is 0.480 e. The highest BCUT2D eigenvalue weighted by molar-refractivity contribution is 5.82. The second-order valence-electron chi connectivity index (χ2n) is 10.6. The molecule has 1 N–H and O–H groups in total. The molecule has 1 fully saturated rings. The predicted molar refractivity (Wildman–Crippen MR) is 131 cm³/mol. The summed E-state index contributed by atoms with van der Waals surface area (Å²) in [6, 6.07) is 15.2. The van der Waals surface area contributed by atoms with E-state index >= 15 is 0 Å². The van der Waals surface area contributed by atoms with Crippen molar-refractivity contribution in [1.29, 1.82) is 0 Å². The van der Waals surface area contributed by atoms with Gasteiger partial charge in [0.25, 0.3) is 0 Å². The fourth-order valence-electron chi connectivity index (χ4n) is 5.27. The first-order chi connectivity index (χ1) is 16.5. The summed E-state index contributed by atoms with van der Waals surface area (Å²) in [7, 11) is 0. The van der Waals surface area contributed by atoms with Gasteiger partial charge in [-0.15, -0.1) is 0 Å². The maximum atomic E-state index is 13.0. The molecule has 2 aromatic rings. The molecule has 0 spiro atoms.